The van der Waals surface area contributed by atoms with Gasteiger partial charge in [-0.2, -0.15) is 0 Å². The van der Waals surface area contributed by atoms with Crippen LogP contribution in [0.1, 0.15) is 0 Å². The Hall–Kier alpha value is -3.06. The lowest BCUT2D eigenvalue weighted by molar-refractivity contribution is 1.71. The Morgan fingerprint density at radius 3 is 1.56 bits per heavy atom. The lowest BCUT2D eigenvalue weighted by Crippen LogP contribution is -2.07. The molecule has 0 bridgehead atoms. The molecule has 0 amide bonds. The van der Waals surface area contributed by atoms with Crippen molar-refractivity contribution in [2.24, 2.45) is 0 Å². The minimum atomic E-state index is 0.857. The van der Waals surface area contributed by atoms with Crippen molar-refractivity contribution >= 4 is 45.6 Å². The van der Waals surface area contributed by atoms with Crippen molar-refractivity contribution in [2.45, 2.75) is 0 Å². The van der Waals surface area contributed by atoms with Gasteiger partial charge >= 0.3 is 0 Å². The first-order chi connectivity index (χ1) is 12.3. The van der Waals surface area contributed by atoms with Crippen LogP contribution in [0.4, 0.5) is 0 Å². The van der Waals surface area contributed by atoms with Crippen LogP contribution in [0.2, 0.25) is 0 Å². The van der Waals surface area contributed by atoms with E-state index in [0.717, 1.165) is 16.2 Å². The topological polar surface area (TPSA) is 0 Å². The van der Waals surface area contributed by atoms with E-state index in [2.05, 4.69) is 91.0 Å². The Morgan fingerprint density at radius 2 is 0.920 bits per heavy atom. The van der Waals surface area contributed by atoms with Gasteiger partial charge in [0.1, 0.15) is 7.85 Å². The molecule has 0 nitrogen and oxygen atoms in total. The first kappa shape index (κ1) is 14.3. The second-order valence-electron chi connectivity index (χ2n) is 6.41. The van der Waals surface area contributed by atoms with E-state index in [-0.39, 0.29) is 0 Å². The van der Waals surface area contributed by atoms with Gasteiger partial charge in [-0.15, -0.1) is 0 Å². The zero-order valence-corrected chi connectivity index (χ0v) is 13.7. The maximum absolute atomic E-state index is 6.51. The summed E-state index contributed by atoms with van der Waals surface area (Å²) in [7, 11) is 6.51. The van der Waals surface area contributed by atoms with E-state index < -0.39 is 0 Å². The summed E-state index contributed by atoms with van der Waals surface area (Å²) in [5, 5.41) is 7.16. The van der Waals surface area contributed by atoms with Crippen LogP contribution >= 0.6 is 0 Å². The number of hydrogen-bond donors (Lipinski definition) is 0. The van der Waals surface area contributed by atoms with E-state index in [1.165, 1.54) is 32.7 Å². The molecule has 0 heterocycles. The molecule has 0 N–H and O–H groups in total. The lowest BCUT2D eigenvalue weighted by atomic mass is 9.80. The fourth-order valence-electron chi connectivity index (χ4n) is 3.90. The molecule has 0 saturated heterocycles. The quantitative estimate of drug-likeness (QED) is 0.279. The molecule has 0 atom stereocenters. The van der Waals surface area contributed by atoms with Crippen LogP contribution in [0.25, 0.3) is 43.4 Å². The molecule has 5 rings (SSSR count). The van der Waals surface area contributed by atoms with E-state index in [1.807, 2.05) is 0 Å². The van der Waals surface area contributed by atoms with E-state index in [4.69, 9.17) is 7.85 Å². The Bertz CT molecular complexity index is 1190. The van der Waals surface area contributed by atoms with Crippen LogP contribution < -0.4 is 5.46 Å². The molecule has 0 aromatic heterocycles. The molecule has 0 saturated carbocycles. The molecule has 0 fully saturated rings. The summed E-state index contributed by atoms with van der Waals surface area (Å²) < 4.78 is 0. The molecule has 1 heteroatoms. The summed E-state index contributed by atoms with van der Waals surface area (Å²) in [4.78, 5) is 0. The lowest BCUT2D eigenvalue weighted by Gasteiger charge is -2.17. The smallest absolute Gasteiger partial charge is 0.0812 e. The predicted molar refractivity (Wildman–Crippen MR) is 110 cm³/mol. The third kappa shape index (κ3) is 2.09. The Morgan fingerprint density at radius 1 is 0.440 bits per heavy atom. The Balaban J connectivity index is 2.06. The Labute approximate surface area is 148 Å². The summed E-state index contributed by atoms with van der Waals surface area (Å²) in [6, 6.07) is 32.0. The van der Waals surface area contributed by atoms with Gasteiger partial charge in [0.25, 0.3) is 0 Å². The van der Waals surface area contributed by atoms with E-state index in [9.17, 15) is 0 Å². The Kier molecular flexibility index (Phi) is 3.14. The highest BCUT2D eigenvalue weighted by atomic mass is 14.2. The van der Waals surface area contributed by atoms with Gasteiger partial charge in [0.2, 0.25) is 0 Å². The summed E-state index contributed by atoms with van der Waals surface area (Å²) in [5.74, 6) is 0. The van der Waals surface area contributed by atoms with Gasteiger partial charge in [0.05, 0.1) is 0 Å². The van der Waals surface area contributed by atoms with Gasteiger partial charge in [-0.1, -0.05) is 96.5 Å². The van der Waals surface area contributed by atoms with Crippen LogP contribution in [0.3, 0.4) is 0 Å². The van der Waals surface area contributed by atoms with E-state index in [1.54, 1.807) is 0 Å². The summed E-state index contributed by atoms with van der Waals surface area (Å²) in [6.45, 7) is 0. The number of fused-ring (bicyclic) bond motifs is 3. The van der Waals surface area contributed by atoms with Crippen LogP contribution in [-0.4, -0.2) is 7.85 Å². The molecule has 0 unspecified atom stereocenters. The molecule has 5 aromatic rings. The largest absolute Gasteiger partial charge is 0.115 e. The van der Waals surface area contributed by atoms with Gasteiger partial charge in [-0.05, 0) is 43.4 Å². The van der Waals surface area contributed by atoms with Crippen LogP contribution in [0.15, 0.2) is 91.0 Å². The fourth-order valence-corrected chi connectivity index (χ4v) is 3.90. The molecule has 0 aliphatic rings. The van der Waals surface area contributed by atoms with Crippen molar-refractivity contribution in [1.29, 1.82) is 0 Å². The minimum absolute atomic E-state index is 0.857. The third-order valence-corrected chi connectivity index (χ3v) is 5.03. The number of hydrogen-bond acceptors (Lipinski definition) is 0. The summed E-state index contributed by atoms with van der Waals surface area (Å²) >= 11 is 0. The molecular formula is C24H15B. The first-order valence-corrected chi connectivity index (χ1v) is 8.51. The maximum atomic E-state index is 6.51. The fraction of sp³-hybridized carbons (Fsp3) is 0. The standard InChI is InChI=1S/C24H15B/c25-24-21-13-5-3-11-19(21)23(20-12-4-6-14-22(20)24)18-15-7-9-16-8-1-2-10-17(16)18/h1-15H. The van der Waals surface area contributed by atoms with Gasteiger partial charge in [-0.3, -0.25) is 0 Å². The van der Waals surface area contributed by atoms with Gasteiger partial charge in [0, 0.05) is 0 Å². The molecular weight excluding hydrogens is 299 g/mol. The molecule has 0 aliphatic heterocycles. The average molecular weight is 314 g/mol. The van der Waals surface area contributed by atoms with Crippen molar-refractivity contribution in [2.75, 3.05) is 0 Å². The second kappa shape index (κ2) is 5.49. The zero-order chi connectivity index (χ0) is 16.8. The zero-order valence-electron chi connectivity index (χ0n) is 13.7. The second-order valence-corrected chi connectivity index (χ2v) is 6.41. The van der Waals surface area contributed by atoms with Crippen molar-refractivity contribution in [1.82, 2.24) is 0 Å². The highest BCUT2D eigenvalue weighted by Crippen LogP contribution is 2.38. The molecule has 0 spiro atoms. The molecule has 5 aromatic carbocycles. The van der Waals surface area contributed by atoms with Crippen molar-refractivity contribution in [3.8, 4) is 11.1 Å². The van der Waals surface area contributed by atoms with E-state index in [0.29, 0.717) is 0 Å². The number of benzene rings is 5. The normalized spacial score (nSPS) is 11.4. The van der Waals surface area contributed by atoms with Crippen molar-refractivity contribution in [3.05, 3.63) is 91.0 Å². The van der Waals surface area contributed by atoms with Crippen molar-refractivity contribution < 1.29 is 0 Å². The monoisotopic (exact) mass is 314 g/mol. The SMILES string of the molecule is [B]c1c2ccccc2c(-c2cccc3ccccc23)c2ccccc12. The average Bonchev–Trinajstić information content (AvgIpc) is 2.68. The van der Waals surface area contributed by atoms with Crippen LogP contribution in [-0.2, 0) is 0 Å². The summed E-state index contributed by atoms with van der Waals surface area (Å²) in [6.07, 6.45) is 0. The molecule has 2 radical (unpaired) electrons. The third-order valence-electron chi connectivity index (χ3n) is 5.03. The summed E-state index contributed by atoms with van der Waals surface area (Å²) in [5.41, 5.74) is 3.37. The maximum Gasteiger partial charge on any atom is 0.115 e. The van der Waals surface area contributed by atoms with Crippen LogP contribution in [0.5, 0.6) is 0 Å². The molecule has 25 heavy (non-hydrogen) atoms. The van der Waals surface area contributed by atoms with Crippen LogP contribution in [0, 0.1) is 0 Å². The van der Waals surface area contributed by atoms with Gasteiger partial charge < -0.3 is 0 Å². The van der Waals surface area contributed by atoms with Gasteiger partial charge in [0.15, 0.2) is 0 Å². The molecule has 114 valence electrons. The number of rotatable bonds is 1. The minimum Gasteiger partial charge on any atom is -0.0812 e. The van der Waals surface area contributed by atoms with E-state index >= 15 is 0 Å². The van der Waals surface area contributed by atoms with Crippen molar-refractivity contribution in [3.63, 3.8) is 0 Å². The predicted octanol–water partition coefficient (Wildman–Crippen LogP) is 5.61. The van der Waals surface area contributed by atoms with Gasteiger partial charge in [-0.25, -0.2) is 0 Å². The first-order valence-electron chi connectivity index (χ1n) is 8.51. The highest BCUT2D eigenvalue weighted by molar-refractivity contribution is 6.47. The highest BCUT2D eigenvalue weighted by Gasteiger charge is 2.14. The molecule has 0 aliphatic carbocycles.